The van der Waals surface area contributed by atoms with Gasteiger partial charge < -0.3 is 10.2 Å². The van der Waals surface area contributed by atoms with Crippen molar-refractivity contribution < 1.29 is 26.4 Å². The van der Waals surface area contributed by atoms with Crippen molar-refractivity contribution in [2.75, 3.05) is 23.9 Å². The van der Waals surface area contributed by atoms with E-state index in [0.717, 1.165) is 13.5 Å². The van der Waals surface area contributed by atoms with Crippen LogP contribution in [0.3, 0.4) is 0 Å². The van der Waals surface area contributed by atoms with Crippen LogP contribution in [-0.2, 0) is 26.5 Å². The number of amides is 1. The Labute approximate surface area is 210 Å². The standard InChI is InChI=1S/C26H32F3N3O3S/c1-25(2)20-7-5-4-6-18(20)15-22(25)31-19-8-9-21(30-16-19)24(26(27,28)29)32(3)23(33)14-17-10-12-36(34,35)13-11-17/h4-9,16-17,22,24,31H,10-15H2,1-3H3/t22-,24-/m0/s1. The van der Waals surface area contributed by atoms with E-state index in [9.17, 15) is 26.4 Å². The number of nitrogens with zero attached hydrogens (tertiary/aromatic N) is 2. The fourth-order valence-electron chi connectivity index (χ4n) is 5.34. The van der Waals surface area contributed by atoms with Crippen molar-refractivity contribution >= 4 is 21.4 Å². The van der Waals surface area contributed by atoms with Crippen LogP contribution in [0.5, 0.6) is 0 Å². The van der Waals surface area contributed by atoms with Crippen molar-refractivity contribution in [3.63, 3.8) is 0 Å². The molecular formula is C26H32F3N3O3S. The maximum absolute atomic E-state index is 14.0. The van der Waals surface area contributed by atoms with Gasteiger partial charge in [-0.25, -0.2) is 8.42 Å². The van der Waals surface area contributed by atoms with Crippen molar-refractivity contribution in [3.8, 4) is 0 Å². The number of alkyl halides is 3. The van der Waals surface area contributed by atoms with Gasteiger partial charge in [-0.05, 0) is 48.4 Å². The molecule has 0 bridgehead atoms. The molecule has 4 rings (SSSR count). The van der Waals surface area contributed by atoms with Gasteiger partial charge in [0.1, 0.15) is 9.84 Å². The Kier molecular flexibility index (Phi) is 7.11. The summed E-state index contributed by atoms with van der Waals surface area (Å²) >= 11 is 0. The Morgan fingerprint density at radius 2 is 1.83 bits per heavy atom. The molecule has 1 aromatic heterocycles. The van der Waals surface area contributed by atoms with E-state index in [0.29, 0.717) is 23.4 Å². The van der Waals surface area contributed by atoms with E-state index in [2.05, 4.69) is 36.3 Å². The first kappa shape index (κ1) is 26.4. The Bertz CT molecular complexity index is 1200. The predicted octanol–water partition coefficient (Wildman–Crippen LogP) is 4.67. The number of halogens is 3. The second kappa shape index (κ2) is 9.68. The minimum atomic E-state index is -4.71. The van der Waals surface area contributed by atoms with Crippen molar-refractivity contribution in [1.29, 1.82) is 0 Å². The fourth-order valence-corrected chi connectivity index (χ4v) is 6.93. The van der Waals surface area contributed by atoms with Gasteiger partial charge in [-0.2, -0.15) is 13.2 Å². The summed E-state index contributed by atoms with van der Waals surface area (Å²) in [4.78, 5) is 17.5. The van der Waals surface area contributed by atoms with Crippen LogP contribution in [0, 0.1) is 5.92 Å². The van der Waals surface area contributed by atoms with E-state index in [1.165, 1.54) is 23.4 Å². The van der Waals surface area contributed by atoms with E-state index in [1.807, 2.05) is 12.1 Å². The van der Waals surface area contributed by atoms with Crippen LogP contribution >= 0.6 is 0 Å². The molecule has 196 valence electrons. The number of aromatic nitrogens is 1. The molecule has 1 amide bonds. The van der Waals surface area contributed by atoms with E-state index in [-0.39, 0.29) is 41.0 Å². The molecule has 36 heavy (non-hydrogen) atoms. The first-order chi connectivity index (χ1) is 16.8. The van der Waals surface area contributed by atoms with Crippen LogP contribution < -0.4 is 5.32 Å². The number of hydrogen-bond donors (Lipinski definition) is 1. The zero-order valence-electron chi connectivity index (χ0n) is 20.7. The lowest BCUT2D eigenvalue weighted by Gasteiger charge is -2.32. The number of carbonyl (C=O) groups is 1. The number of sulfone groups is 1. The molecule has 6 nitrogen and oxygen atoms in total. The van der Waals surface area contributed by atoms with Gasteiger partial charge in [0.2, 0.25) is 5.91 Å². The number of pyridine rings is 1. The van der Waals surface area contributed by atoms with E-state index in [1.54, 1.807) is 6.07 Å². The Balaban J connectivity index is 1.46. The number of hydrogen-bond acceptors (Lipinski definition) is 5. The number of anilines is 1. The second-order valence-electron chi connectivity index (χ2n) is 10.5. The summed E-state index contributed by atoms with van der Waals surface area (Å²) < 4.78 is 65.4. The average Bonchev–Trinajstić information content (AvgIpc) is 3.05. The zero-order chi connectivity index (χ0) is 26.3. The topological polar surface area (TPSA) is 79.4 Å². The summed E-state index contributed by atoms with van der Waals surface area (Å²) in [6, 6.07) is 8.96. The van der Waals surface area contributed by atoms with E-state index < -0.39 is 28.0 Å². The van der Waals surface area contributed by atoms with Gasteiger partial charge in [0, 0.05) is 24.9 Å². The van der Waals surface area contributed by atoms with E-state index in [4.69, 9.17) is 0 Å². The third kappa shape index (κ3) is 5.53. The van der Waals surface area contributed by atoms with Crippen molar-refractivity contribution in [2.45, 2.75) is 63.2 Å². The van der Waals surface area contributed by atoms with Crippen LogP contribution in [0.4, 0.5) is 18.9 Å². The molecule has 0 radical (unpaired) electrons. The van der Waals surface area contributed by atoms with Crippen molar-refractivity contribution in [3.05, 3.63) is 59.4 Å². The minimum Gasteiger partial charge on any atom is -0.380 e. The van der Waals surface area contributed by atoms with Crippen molar-refractivity contribution in [1.82, 2.24) is 9.88 Å². The highest BCUT2D eigenvalue weighted by atomic mass is 32.2. The predicted molar refractivity (Wildman–Crippen MR) is 132 cm³/mol. The smallest absolute Gasteiger partial charge is 0.380 e. The quantitative estimate of drug-likeness (QED) is 0.595. The molecule has 0 unspecified atom stereocenters. The average molecular weight is 524 g/mol. The lowest BCUT2D eigenvalue weighted by Crippen LogP contribution is -2.41. The van der Waals surface area contributed by atoms with Crippen LogP contribution in [0.15, 0.2) is 42.6 Å². The minimum absolute atomic E-state index is 0.0315. The summed E-state index contributed by atoms with van der Waals surface area (Å²) in [7, 11) is -1.98. The largest absolute Gasteiger partial charge is 0.414 e. The SMILES string of the molecule is CN(C(=O)CC1CCS(=O)(=O)CC1)[C@@H](c1ccc(N[C@H]2Cc3ccccc3C2(C)C)cn1)C(F)(F)F. The van der Waals surface area contributed by atoms with Crippen molar-refractivity contribution in [2.24, 2.45) is 5.92 Å². The van der Waals surface area contributed by atoms with Gasteiger partial charge in [0.15, 0.2) is 6.04 Å². The van der Waals surface area contributed by atoms with Gasteiger partial charge in [-0.15, -0.1) is 0 Å². The second-order valence-corrected chi connectivity index (χ2v) is 12.8. The molecule has 0 spiro atoms. The summed E-state index contributed by atoms with van der Waals surface area (Å²) in [5, 5.41) is 3.42. The Morgan fingerprint density at radius 3 is 2.42 bits per heavy atom. The molecule has 1 saturated heterocycles. The first-order valence-electron chi connectivity index (χ1n) is 12.1. The number of nitrogens with one attached hydrogen (secondary N) is 1. The Hall–Kier alpha value is -2.62. The number of fused-ring (bicyclic) bond motifs is 1. The monoisotopic (exact) mass is 523 g/mol. The molecule has 0 saturated carbocycles. The molecule has 1 fully saturated rings. The summed E-state index contributed by atoms with van der Waals surface area (Å²) in [6.07, 6.45) is -2.06. The molecule has 2 aliphatic rings. The third-order valence-corrected chi connectivity index (χ3v) is 9.36. The van der Waals surface area contributed by atoms with Gasteiger partial charge in [-0.3, -0.25) is 9.78 Å². The number of carbonyl (C=O) groups excluding carboxylic acids is 1. The normalized spacial score (nSPS) is 22.0. The van der Waals surface area contributed by atoms with Crippen LogP contribution in [0.1, 0.15) is 56.0 Å². The number of benzene rings is 1. The highest BCUT2D eigenvalue weighted by Gasteiger charge is 2.46. The molecule has 1 aliphatic heterocycles. The first-order valence-corrected chi connectivity index (χ1v) is 13.9. The van der Waals surface area contributed by atoms with Crippen LogP contribution in [-0.4, -0.2) is 55.0 Å². The summed E-state index contributed by atoms with van der Waals surface area (Å²) in [6.45, 7) is 4.28. The number of rotatable bonds is 6. The highest BCUT2D eigenvalue weighted by Crippen LogP contribution is 2.41. The maximum Gasteiger partial charge on any atom is 0.414 e. The molecule has 2 aromatic rings. The van der Waals surface area contributed by atoms with Gasteiger partial charge in [0.05, 0.1) is 29.1 Å². The zero-order valence-corrected chi connectivity index (χ0v) is 21.5. The molecule has 2 heterocycles. The lowest BCUT2D eigenvalue weighted by atomic mass is 9.83. The summed E-state index contributed by atoms with van der Waals surface area (Å²) in [5.74, 6) is -0.973. The third-order valence-electron chi connectivity index (χ3n) is 7.64. The van der Waals surface area contributed by atoms with Gasteiger partial charge in [0.25, 0.3) is 0 Å². The molecule has 1 aromatic carbocycles. The van der Waals surface area contributed by atoms with Gasteiger partial charge in [-0.1, -0.05) is 38.1 Å². The van der Waals surface area contributed by atoms with Crippen LogP contribution in [0.2, 0.25) is 0 Å². The maximum atomic E-state index is 14.0. The summed E-state index contributed by atoms with van der Waals surface area (Å²) in [5.41, 5.74) is 2.69. The van der Waals surface area contributed by atoms with E-state index >= 15 is 0 Å². The molecule has 2 atom stereocenters. The van der Waals surface area contributed by atoms with Gasteiger partial charge >= 0.3 is 6.18 Å². The molecular weight excluding hydrogens is 491 g/mol. The Morgan fingerprint density at radius 1 is 1.17 bits per heavy atom. The molecule has 1 N–H and O–H groups in total. The molecule has 1 aliphatic carbocycles. The lowest BCUT2D eigenvalue weighted by molar-refractivity contribution is -0.190. The van der Waals surface area contributed by atoms with Crippen LogP contribution in [0.25, 0.3) is 0 Å². The fraction of sp³-hybridized carbons (Fsp3) is 0.538. The molecule has 10 heteroatoms. The highest BCUT2D eigenvalue weighted by molar-refractivity contribution is 7.91.